The Labute approximate surface area is 101 Å². The van der Waals surface area contributed by atoms with Crippen molar-refractivity contribution in [1.82, 2.24) is 0 Å². The summed E-state index contributed by atoms with van der Waals surface area (Å²) in [6.07, 6.45) is 9.17. The largest absolute Gasteiger partial charge is 0.480 e. The van der Waals surface area contributed by atoms with Crippen LogP contribution in [0.5, 0.6) is 0 Å². The molecule has 0 heterocycles. The van der Waals surface area contributed by atoms with Gasteiger partial charge < -0.3 is 9.84 Å². The molecule has 0 aromatic carbocycles. The first kappa shape index (κ1) is 13.4. The summed E-state index contributed by atoms with van der Waals surface area (Å²) in [7, 11) is 0. The molecule has 1 N–H and O–H groups in total. The molecule has 92 valence electrons. The third kappa shape index (κ3) is 5.85. The Morgan fingerprint density at radius 1 is 1.53 bits per heavy atom. The number of carboxylic acids is 1. The summed E-state index contributed by atoms with van der Waals surface area (Å²) >= 11 is 0. The Balaban J connectivity index is 2.41. The Morgan fingerprint density at radius 2 is 2.24 bits per heavy atom. The highest BCUT2D eigenvalue weighted by Crippen LogP contribution is 2.08. The van der Waals surface area contributed by atoms with Gasteiger partial charge in [-0.05, 0) is 24.4 Å². The smallest absolute Gasteiger partial charge is 0.329 e. The van der Waals surface area contributed by atoms with Crippen LogP contribution in [0.3, 0.4) is 0 Å². The first-order valence-corrected chi connectivity index (χ1v) is 5.71. The van der Waals surface area contributed by atoms with Gasteiger partial charge in [-0.2, -0.15) is 0 Å². The molecule has 0 aromatic rings. The monoisotopic (exact) mass is 235 g/mol. The second kappa shape index (κ2) is 7.60. The van der Waals surface area contributed by atoms with E-state index >= 15 is 0 Å². The number of hydrogen-bond acceptors (Lipinski definition) is 3. The lowest BCUT2D eigenvalue weighted by Gasteiger charge is -2.10. The number of ether oxygens (including phenoxy) is 1. The van der Waals surface area contributed by atoms with Crippen molar-refractivity contribution in [2.45, 2.75) is 25.9 Å². The summed E-state index contributed by atoms with van der Waals surface area (Å²) in [5, 5.41) is 8.46. The zero-order valence-corrected chi connectivity index (χ0v) is 9.93. The van der Waals surface area contributed by atoms with Crippen LogP contribution in [-0.4, -0.2) is 36.2 Å². The number of hydrogen-bond donors (Lipinski definition) is 1. The molecular weight excluding hydrogens is 218 g/mol. The van der Waals surface area contributed by atoms with Gasteiger partial charge in [-0.1, -0.05) is 25.5 Å². The van der Waals surface area contributed by atoms with Crippen molar-refractivity contribution in [3.8, 4) is 0 Å². The molecule has 1 aliphatic carbocycles. The molecule has 4 nitrogen and oxygen atoms in total. The number of carbonyl (C=O) groups is 1. The molecule has 0 bridgehead atoms. The van der Waals surface area contributed by atoms with Crippen LogP contribution in [0, 0.1) is 0 Å². The van der Waals surface area contributed by atoms with E-state index in [1.54, 1.807) is 12.2 Å². The number of carboxylic acid groups (broad SMARTS) is 1. The minimum atomic E-state index is -0.964. The molecule has 4 heteroatoms. The second-order valence-corrected chi connectivity index (χ2v) is 3.69. The molecule has 1 rings (SSSR count). The number of nitrogens with zero attached hydrogens (tertiary/aromatic N) is 1. The molecule has 0 unspecified atom stereocenters. The van der Waals surface area contributed by atoms with Gasteiger partial charge in [-0.25, -0.2) is 9.79 Å². The molecule has 0 spiro atoms. The maximum Gasteiger partial charge on any atom is 0.329 e. The van der Waals surface area contributed by atoms with Gasteiger partial charge in [0.1, 0.15) is 6.61 Å². The Kier molecular flexibility index (Phi) is 6.00. The van der Waals surface area contributed by atoms with Gasteiger partial charge in [-0.15, -0.1) is 0 Å². The van der Waals surface area contributed by atoms with E-state index in [9.17, 15) is 4.79 Å². The molecule has 0 fully saturated rings. The Bertz CT molecular complexity index is 360. The van der Waals surface area contributed by atoms with Crippen molar-refractivity contribution in [2.24, 2.45) is 4.99 Å². The Morgan fingerprint density at radius 3 is 2.82 bits per heavy atom. The summed E-state index contributed by atoms with van der Waals surface area (Å²) in [6.45, 7) is 2.62. The highest BCUT2D eigenvalue weighted by molar-refractivity contribution is 5.68. The van der Waals surface area contributed by atoms with Crippen molar-refractivity contribution in [3.63, 3.8) is 0 Å². The van der Waals surface area contributed by atoms with Gasteiger partial charge in [0.05, 0.1) is 6.10 Å². The summed E-state index contributed by atoms with van der Waals surface area (Å²) in [5.41, 5.74) is 0.885. The summed E-state index contributed by atoms with van der Waals surface area (Å²) < 4.78 is 5.09. The zero-order chi connectivity index (χ0) is 12.5. The topological polar surface area (TPSA) is 58.9 Å². The number of unbranched alkanes of at least 4 members (excludes halogenated alkanes) is 1. The SMILES string of the molecule is CCCCN=C=C1C=CC(OCC(=O)O)C=C1. The highest BCUT2D eigenvalue weighted by atomic mass is 16.5. The number of rotatable bonds is 6. The number of allylic oxidation sites excluding steroid dienone is 3. The fourth-order valence-electron chi connectivity index (χ4n) is 1.25. The molecule has 0 aliphatic heterocycles. The van der Waals surface area contributed by atoms with E-state index in [2.05, 4.69) is 17.8 Å². The van der Waals surface area contributed by atoms with E-state index in [0.29, 0.717) is 0 Å². The predicted molar refractivity (Wildman–Crippen MR) is 66.4 cm³/mol. The minimum Gasteiger partial charge on any atom is -0.480 e. The minimum absolute atomic E-state index is 0.271. The van der Waals surface area contributed by atoms with E-state index in [4.69, 9.17) is 9.84 Å². The average Bonchev–Trinajstić information content (AvgIpc) is 2.33. The third-order valence-corrected chi connectivity index (χ3v) is 2.16. The van der Waals surface area contributed by atoms with Crippen molar-refractivity contribution >= 4 is 11.8 Å². The van der Waals surface area contributed by atoms with Gasteiger partial charge in [0, 0.05) is 12.1 Å². The van der Waals surface area contributed by atoms with E-state index in [1.165, 1.54) is 0 Å². The van der Waals surface area contributed by atoms with E-state index in [0.717, 1.165) is 25.0 Å². The van der Waals surface area contributed by atoms with Crippen molar-refractivity contribution in [2.75, 3.05) is 13.2 Å². The first-order chi connectivity index (χ1) is 8.22. The van der Waals surface area contributed by atoms with Gasteiger partial charge >= 0.3 is 5.97 Å². The highest BCUT2D eigenvalue weighted by Gasteiger charge is 2.07. The third-order valence-electron chi connectivity index (χ3n) is 2.16. The van der Waals surface area contributed by atoms with Crippen LogP contribution < -0.4 is 0 Å². The van der Waals surface area contributed by atoms with E-state index in [-0.39, 0.29) is 12.7 Å². The van der Waals surface area contributed by atoms with Crippen molar-refractivity contribution < 1.29 is 14.6 Å². The fraction of sp³-hybridized carbons (Fsp3) is 0.462. The van der Waals surface area contributed by atoms with Crippen LogP contribution >= 0.6 is 0 Å². The van der Waals surface area contributed by atoms with Crippen LogP contribution in [0.2, 0.25) is 0 Å². The first-order valence-electron chi connectivity index (χ1n) is 5.71. The lowest BCUT2D eigenvalue weighted by atomic mass is 10.1. The average molecular weight is 235 g/mol. The van der Waals surface area contributed by atoms with Gasteiger partial charge in [0.2, 0.25) is 0 Å². The maximum atomic E-state index is 10.3. The second-order valence-electron chi connectivity index (χ2n) is 3.69. The summed E-state index contributed by atoms with van der Waals surface area (Å²) in [5.74, 6) is 1.97. The van der Waals surface area contributed by atoms with Gasteiger partial charge in [0.15, 0.2) is 0 Å². The standard InChI is InChI=1S/C13H17NO3/c1-2-3-8-14-9-11-4-6-12(7-5-11)17-10-13(15)16/h4-7,12H,2-3,8,10H2,1H3,(H,15,16). The zero-order valence-electron chi connectivity index (χ0n) is 9.93. The molecule has 1 aliphatic rings. The van der Waals surface area contributed by atoms with Crippen LogP contribution in [0.15, 0.2) is 34.9 Å². The number of aliphatic carboxylic acids is 1. The molecule has 0 aromatic heterocycles. The maximum absolute atomic E-state index is 10.3. The molecule has 0 atom stereocenters. The van der Waals surface area contributed by atoms with Crippen LogP contribution in [0.1, 0.15) is 19.8 Å². The number of aliphatic imine (C=N–C) groups is 1. The van der Waals surface area contributed by atoms with Gasteiger partial charge in [0.25, 0.3) is 0 Å². The van der Waals surface area contributed by atoms with Crippen molar-refractivity contribution in [1.29, 1.82) is 0 Å². The molecular formula is C13H17NO3. The van der Waals surface area contributed by atoms with Crippen molar-refractivity contribution in [3.05, 3.63) is 29.9 Å². The lowest BCUT2D eigenvalue weighted by molar-refractivity contribution is -0.142. The van der Waals surface area contributed by atoms with E-state index in [1.807, 2.05) is 12.2 Å². The lowest BCUT2D eigenvalue weighted by Crippen LogP contribution is -2.15. The quantitative estimate of drug-likeness (QED) is 0.565. The summed E-state index contributed by atoms with van der Waals surface area (Å²) in [6, 6.07) is 0. The molecule has 0 amide bonds. The predicted octanol–water partition coefficient (Wildman–Crippen LogP) is 1.98. The normalized spacial score (nSPS) is 17.9. The summed E-state index contributed by atoms with van der Waals surface area (Å²) in [4.78, 5) is 14.5. The van der Waals surface area contributed by atoms with E-state index < -0.39 is 5.97 Å². The molecule has 0 radical (unpaired) electrons. The van der Waals surface area contributed by atoms with Gasteiger partial charge in [-0.3, -0.25) is 0 Å². The van der Waals surface area contributed by atoms with Crippen LogP contribution in [0.25, 0.3) is 0 Å². The molecule has 0 saturated carbocycles. The Hall–Kier alpha value is -1.64. The fourth-order valence-corrected chi connectivity index (χ4v) is 1.25. The molecule has 0 saturated heterocycles. The molecule has 17 heavy (non-hydrogen) atoms. The van der Waals surface area contributed by atoms with Crippen LogP contribution in [-0.2, 0) is 9.53 Å². The van der Waals surface area contributed by atoms with Crippen LogP contribution in [0.4, 0.5) is 0 Å².